The van der Waals surface area contributed by atoms with Crippen LogP contribution < -0.4 is 0 Å². The van der Waals surface area contributed by atoms with Crippen molar-refractivity contribution in [2.24, 2.45) is 0 Å². The molecule has 0 radical (unpaired) electrons. The molecule has 0 unspecified atom stereocenters. The van der Waals surface area contributed by atoms with E-state index in [1.54, 1.807) is 0 Å². The summed E-state index contributed by atoms with van der Waals surface area (Å²) in [5, 5.41) is 0. The summed E-state index contributed by atoms with van der Waals surface area (Å²) in [6, 6.07) is 28.4. The van der Waals surface area contributed by atoms with Gasteiger partial charge in [-0.3, -0.25) is 0 Å². The zero-order valence-electron chi connectivity index (χ0n) is 20.7. The van der Waals surface area contributed by atoms with E-state index in [1.807, 2.05) is 91.0 Å². The van der Waals surface area contributed by atoms with Crippen molar-refractivity contribution in [3.05, 3.63) is 91.0 Å². The maximum atomic E-state index is 9.08. The van der Waals surface area contributed by atoms with E-state index in [-0.39, 0.29) is 0 Å². The molecule has 3 N–H and O–H groups in total. The van der Waals surface area contributed by atoms with E-state index in [9.17, 15) is 0 Å². The van der Waals surface area contributed by atoms with Crippen LogP contribution in [-0.4, -0.2) is 71.3 Å². The molecule has 0 fully saturated rings. The molecule has 222 valence electrons. The summed E-state index contributed by atoms with van der Waals surface area (Å²) in [5.74, 6) is 0. The first-order chi connectivity index (χ1) is 17.8. The molecule has 39 heavy (non-hydrogen) atoms. The van der Waals surface area contributed by atoms with Gasteiger partial charge < -0.3 is 13.7 Å². The largest absolute Gasteiger partial charge is 0.748 e. The number of hydrogen-bond acceptors (Lipinski definition) is 12. The molecule has 18 heteroatoms. The van der Waals surface area contributed by atoms with Crippen LogP contribution in [0.4, 0.5) is 0 Å². The lowest BCUT2D eigenvalue weighted by molar-refractivity contribution is 0.468. The number of rotatable bonds is 3. The van der Waals surface area contributed by atoms with Crippen LogP contribution in [0.15, 0.2) is 106 Å². The Balaban J connectivity index is -0.000000406. The lowest BCUT2D eigenvalue weighted by atomic mass is 10.4. The molecule has 3 aromatic carbocycles. The molecule has 0 aliphatic heterocycles. The first-order valence-electron chi connectivity index (χ1n) is 9.73. The normalized spacial score (nSPS) is 10.1. The van der Waals surface area contributed by atoms with Gasteiger partial charge in [-0.2, -0.15) is 13.7 Å². The third-order valence-electron chi connectivity index (χ3n) is 2.61. The summed E-state index contributed by atoms with van der Waals surface area (Å²) in [5.41, 5.74) is 0. The molecule has 0 aliphatic carbocycles. The maximum Gasteiger partial charge on any atom is 0.187 e. The highest BCUT2D eigenvalue weighted by Crippen LogP contribution is 1.99. The van der Waals surface area contributed by atoms with E-state index in [4.69, 9.17) is 52.6 Å². The molecule has 0 aliphatic rings. The fourth-order valence-corrected chi connectivity index (χ4v) is 2.40. The molecule has 0 saturated carbocycles. The molecule has 0 atom stereocenters. The van der Waals surface area contributed by atoms with Crippen LogP contribution in [0.25, 0.3) is 0 Å². The predicted octanol–water partition coefficient (Wildman–Crippen LogP) is 1.48. The van der Waals surface area contributed by atoms with Crippen LogP contribution in [0.1, 0.15) is 0 Å². The minimum absolute atomic E-state index is 0.349. The minimum Gasteiger partial charge on any atom is -0.748 e. The molecule has 3 rings (SSSR count). The summed E-state index contributed by atoms with van der Waals surface area (Å²) in [7, 11) is -11.8. The Bertz CT molecular complexity index is 1100. The van der Waals surface area contributed by atoms with Crippen LogP contribution in [0.3, 0.4) is 0 Å². The van der Waals surface area contributed by atoms with E-state index in [2.05, 4.69) is 0 Å². The third kappa shape index (κ3) is 53.3. The Morgan fingerprint density at radius 3 is 0.641 bits per heavy atom. The van der Waals surface area contributed by atoms with Gasteiger partial charge in [-0.15, -0.1) is 0 Å². The molecule has 0 heterocycles. The molecule has 12 nitrogen and oxygen atoms in total. The Kier molecular flexibility index (Phi) is 25.9. The van der Waals surface area contributed by atoms with Crippen LogP contribution >= 0.6 is 0 Å². The van der Waals surface area contributed by atoms with E-state index >= 15 is 0 Å². The third-order valence-corrected chi connectivity index (χ3v) is 4.20. The van der Waals surface area contributed by atoms with Crippen molar-refractivity contribution in [2.45, 2.75) is 14.7 Å². The van der Waals surface area contributed by atoms with Crippen molar-refractivity contribution < 1.29 is 52.6 Å². The second-order valence-electron chi connectivity index (χ2n) is 6.42. The monoisotopic (exact) mass is 666 g/mol. The van der Waals surface area contributed by atoms with E-state index in [1.165, 1.54) is 0 Å². The highest BCUT2D eigenvalue weighted by atomic mass is 32.2. The van der Waals surface area contributed by atoms with Gasteiger partial charge in [0.1, 0.15) is 0 Å². The summed E-state index contributed by atoms with van der Waals surface area (Å²) < 4.78 is 107. The van der Waals surface area contributed by atoms with Gasteiger partial charge in [-0.1, -0.05) is 54.6 Å². The maximum absolute atomic E-state index is 9.08. The van der Waals surface area contributed by atoms with Crippen molar-refractivity contribution in [1.82, 2.24) is 0 Å². The van der Waals surface area contributed by atoms with Gasteiger partial charge in [0, 0.05) is 18.8 Å². The van der Waals surface area contributed by atoms with Crippen LogP contribution in [0.2, 0.25) is 0 Å². The molecule has 3 aromatic rings. The Hall–Kier alpha value is -1.68. The Labute approximate surface area is 242 Å². The molecule has 0 amide bonds. The Morgan fingerprint density at radius 1 is 0.436 bits per heavy atom. The van der Waals surface area contributed by atoms with Crippen LogP contribution in [0.5, 0.6) is 0 Å². The molecule has 0 aromatic heterocycles. The zero-order chi connectivity index (χ0) is 31.0. The molecular formula is C21H30O12S6. The van der Waals surface area contributed by atoms with E-state index in [0.29, 0.717) is 54.9 Å². The SMILES string of the molecule is CS(=O)(=O)[O-].CS(=O)(=O)[O-].CS(=O)(=O)[O-].O[SH+]c1ccccc1.O[SH+]c1ccccc1.O[SH+]c1ccccc1. The quantitative estimate of drug-likeness (QED) is 0.205. The lowest BCUT2D eigenvalue weighted by Gasteiger charge is -1.90. The first kappa shape index (κ1) is 41.8. The first-order valence-corrected chi connectivity index (χ1v) is 17.7. The van der Waals surface area contributed by atoms with Crippen molar-refractivity contribution in [1.29, 1.82) is 0 Å². The second kappa shape index (κ2) is 24.1. The van der Waals surface area contributed by atoms with E-state index < -0.39 is 30.4 Å². The summed E-state index contributed by atoms with van der Waals surface area (Å²) >= 11 is 1.05. The molecule has 0 spiro atoms. The number of benzene rings is 3. The van der Waals surface area contributed by atoms with Gasteiger partial charge >= 0.3 is 0 Å². The topological polar surface area (TPSA) is 232 Å². The predicted molar refractivity (Wildman–Crippen MR) is 155 cm³/mol. The van der Waals surface area contributed by atoms with E-state index in [0.717, 1.165) is 14.7 Å². The molecular weight excluding hydrogens is 637 g/mol. The minimum atomic E-state index is -3.92. The zero-order valence-corrected chi connectivity index (χ0v) is 25.9. The van der Waals surface area contributed by atoms with Crippen molar-refractivity contribution >= 4 is 66.5 Å². The van der Waals surface area contributed by atoms with Crippen molar-refractivity contribution in [3.8, 4) is 0 Å². The molecule has 0 saturated heterocycles. The van der Waals surface area contributed by atoms with Crippen molar-refractivity contribution in [3.63, 3.8) is 0 Å². The highest BCUT2D eigenvalue weighted by Gasteiger charge is 1.94. The average Bonchev–Trinajstić information content (AvgIpc) is 2.83. The van der Waals surface area contributed by atoms with Crippen LogP contribution in [0, 0.1) is 0 Å². The van der Waals surface area contributed by atoms with Gasteiger partial charge in [0.25, 0.3) is 0 Å². The summed E-state index contributed by atoms with van der Waals surface area (Å²) in [6.45, 7) is 0. The summed E-state index contributed by atoms with van der Waals surface area (Å²) in [6.07, 6.45) is 1.81. The Morgan fingerprint density at radius 2 is 0.564 bits per heavy atom. The smallest absolute Gasteiger partial charge is 0.187 e. The van der Waals surface area contributed by atoms with Crippen LogP contribution in [-0.2, 0) is 66.5 Å². The number of hydrogen-bond donors (Lipinski definition) is 3. The highest BCUT2D eigenvalue weighted by molar-refractivity contribution is 7.85. The standard InChI is InChI=1S/3C6H6OS.3CH4O3S/c3*7-8-6-4-2-1-3-5-6;3*1-5(2,3)4/h3*1-5,7H;3*1H3,(H,2,3,4). The summed E-state index contributed by atoms with van der Waals surface area (Å²) in [4.78, 5) is 2.81. The van der Waals surface area contributed by atoms with Gasteiger partial charge in [0.05, 0.1) is 30.4 Å². The number of thiol groups is 3. The van der Waals surface area contributed by atoms with Crippen molar-refractivity contribution in [2.75, 3.05) is 18.8 Å². The average molecular weight is 667 g/mol. The fourth-order valence-electron chi connectivity index (χ4n) is 1.48. The fraction of sp³-hybridized carbons (Fsp3) is 0.143. The van der Waals surface area contributed by atoms with Gasteiger partial charge in [-0.25, -0.2) is 25.3 Å². The second-order valence-corrected chi connectivity index (χ2v) is 12.8. The van der Waals surface area contributed by atoms with Gasteiger partial charge in [0.15, 0.2) is 50.8 Å². The van der Waals surface area contributed by atoms with Gasteiger partial charge in [-0.05, 0) is 36.4 Å². The lowest BCUT2D eigenvalue weighted by Crippen LogP contribution is -1.88. The molecule has 0 bridgehead atoms. The van der Waals surface area contributed by atoms with Gasteiger partial charge in [0.2, 0.25) is 0 Å².